The number of sulfonamides is 1. The number of amides is 1. The average Bonchev–Trinajstić information content (AvgIpc) is 3.03. The van der Waals surface area contributed by atoms with Crippen LogP contribution in [-0.2, 0) is 14.8 Å². The minimum absolute atomic E-state index is 0.00907. The zero-order valence-electron chi connectivity index (χ0n) is 12.2. The second-order valence-corrected chi connectivity index (χ2v) is 8.04. The molecule has 3 rings (SSSR count). The molecular weight excluding hydrogens is 338 g/mol. The van der Waals surface area contributed by atoms with Crippen molar-refractivity contribution in [1.29, 1.82) is 0 Å². The third kappa shape index (κ3) is 2.75. The number of aryl methyl sites for hydroxylation is 1. The molecule has 0 spiro atoms. The fraction of sp³-hybridized carbons (Fsp3) is 0.200. The lowest BCUT2D eigenvalue weighted by Gasteiger charge is -2.14. The van der Waals surface area contributed by atoms with Crippen LogP contribution in [0.5, 0.6) is 0 Å². The number of benzene rings is 1. The first kappa shape index (κ1) is 15.7. The Balaban J connectivity index is 1.68. The molecule has 2 aromatic rings. The summed E-state index contributed by atoms with van der Waals surface area (Å²) in [6.07, 6.45) is 0. The summed E-state index contributed by atoms with van der Waals surface area (Å²) in [5, 5.41) is 0. The summed E-state index contributed by atoms with van der Waals surface area (Å²) in [4.78, 5) is 25.4. The lowest BCUT2D eigenvalue weighted by atomic mass is 10.2. The summed E-state index contributed by atoms with van der Waals surface area (Å²) in [7, 11) is -3.86. The molecule has 0 aliphatic carbocycles. The SMILES string of the molecule is Cc1ccc(C(=O)OCCN2C(=O)c3ccccc3S2(=O)=O)s1. The van der Waals surface area contributed by atoms with Gasteiger partial charge in [0.15, 0.2) is 0 Å². The Kier molecular flexibility index (Phi) is 3.95. The Morgan fingerprint density at radius 3 is 2.61 bits per heavy atom. The van der Waals surface area contributed by atoms with Gasteiger partial charge >= 0.3 is 5.97 Å². The summed E-state index contributed by atoms with van der Waals surface area (Å²) in [5.41, 5.74) is 0.146. The molecule has 1 aromatic heterocycles. The van der Waals surface area contributed by atoms with Crippen molar-refractivity contribution in [3.63, 3.8) is 0 Å². The van der Waals surface area contributed by atoms with Crippen LogP contribution in [0.15, 0.2) is 41.3 Å². The quantitative estimate of drug-likeness (QED) is 0.788. The van der Waals surface area contributed by atoms with Crippen LogP contribution in [0.4, 0.5) is 0 Å². The minimum atomic E-state index is -3.86. The molecule has 1 aromatic carbocycles. The highest BCUT2D eigenvalue weighted by atomic mass is 32.2. The van der Waals surface area contributed by atoms with Gasteiger partial charge in [-0.3, -0.25) is 4.79 Å². The number of thiophene rings is 1. The van der Waals surface area contributed by atoms with Gasteiger partial charge in [0.05, 0.1) is 12.1 Å². The van der Waals surface area contributed by atoms with E-state index in [0.29, 0.717) is 4.88 Å². The highest BCUT2D eigenvalue weighted by Crippen LogP contribution is 2.29. The summed E-state index contributed by atoms with van der Waals surface area (Å²) >= 11 is 1.30. The van der Waals surface area contributed by atoms with Crippen LogP contribution in [0.3, 0.4) is 0 Å². The van der Waals surface area contributed by atoms with Crippen molar-refractivity contribution in [3.05, 3.63) is 51.7 Å². The van der Waals surface area contributed by atoms with E-state index in [-0.39, 0.29) is 23.6 Å². The molecule has 0 bridgehead atoms. The second-order valence-electron chi connectivity index (χ2n) is 4.92. The summed E-state index contributed by atoms with van der Waals surface area (Å²) in [5.74, 6) is -1.12. The van der Waals surface area contributed by atoms with E-state index < -0.39 is 21.9 Å². The van der Waals surface area contributed by atoms with Gasteiger partial charge in [-0.15, -0.1) is 11.3 Å². The molecular formula is C15H13NO5S2. The number of hydrogen-bond acceptors (Lipinski definition) is 6. The van der Waals surface area contributed by atoms with Gasteiger partial charge in [-0.05, 0) is 31.2 Å². The lowest BCUT2D eigenvalue weighted by molar-refractivity contribution is 0.0483. The van der Waals surface area contributed by atoms with E-state index in [9.17, 15) is 18.0 Å². The third-order valence-corrected chi connectivity index (χ3v) is 6.20. The summed E-state index contributed by atoms with van der Waals surface area (Å²) < 4.78 is 30.4. The maximum atomic E-state index is 12.3. The number of esters is 1. The fourth-order valence-corrected chi connectivity index (χ4v) is 4.60. The summed E-state index contributed by atoms with van der Waals surface area (Å²) in [6.45, 7) is 1.48. The van der Waals surface area contributed by atoms with E-state index in [2.05, 4.69) is 0 Å². The third-order valence-electron chi connectivity index (χ3n) is 3.38. The van der Waals surface area contributed by atoms with Crippen LogP contribution in [0.2, 0.25) is 0 Å². The largest absolute Gasteiger partial charge is 0.460 e. The monoisotopic (exact) mass is 351 g/mol. The molecule has 23 heavy (non-hydrogen) atoms. The molecule has 0 saturated heterocycles. The highest BCUT2D eigenvalue weighted by molar-refractivity contribution is 7.90. The van der Waals surface area contributed by atoms with Gasteiger partial charge in [0, 0.05) is 4.88 Å². The molecule has 0 atom stereocenters. The zero-order chi connectivity index (χ0) is 16.6. The molecule has 1 aliphatic rings. The minimum Gasteiger partial charge on any atom is -0.460 e. The van der Waals surface area contributed by atoms with E-state index in [1.165, 1.54) is 23.5 Å². The van der Waals surface area contributed by atoms with Crippen molar-refractivity contribution >= 4 is 33.2 Å². The van der Waals surface area contributed by atoms with E-state index in [0.717, 1.165) is 9.18 Å². The van der Waals surface area contributed by atoms with E-state index in [1.807, 2.05) is 6.92 Å². The van der Waals surface area contributed by atoms with Crippen molar-refractivity contribution < 1.29 is 22.7 Å². The molecule has 0 saturated carbocycles. The highest BCUT2D eigenvalue weighted by Gasteiger charge is 2.40. The molecule has 2 heterocycles. The maximum Gasteiger partial charge on any atom is 0.348 e. The van der Waals surface area contributed by atoms with E-state index in [1.54, 1.807) is 24.3 Å². The van der Waals surface area contributed by atoms with Gasteiger partial charge in [0.1, 0.15) is 16.4 Å². The number of ether oxygens (including phenoxy) is 1. The maximum absolute atomic E-state index is 12.3. The van der Waals surface area contributed by atoms with Crippen LogP contribution >= 0.6 is 11.3 Å². The Morgan fingerprint density at radius 2 is 1.96 bits per heavy atom. The van der Waals surface area contributed by atoms with Gasteiger partial charge < -0.3 is 4.74 Å². The van der Waals surface area contributed by atoms with Crippen LogP contribution in [0.25, 0.3) is 0 Å². The molecule has 1 aliphatic heterocycles. The van der Waals surface area contributed by atoms with Crippen LogP contribution in [0.1, 0.15) is 24.9 Å². The van der Waals surface area contributed by atoms with Crippen LogP contribution in [-0.4, -0.2) is 37.8 Å². The molecule has 0 N–H and O–H groups in total. The molecule has 0 fully saturated rings. The topological polar surface area (TPSA) is 80.8 Å². The van der Waals surface area contributed by atoms with Gasteiger partial charge in [-0.1, -0.05) is 12.1 Å². The van der Waals surface area contributed by atoms with Crippen molar-refractivity contribution in [2.24, 2.45) is 0 Å². The Hall–Kier alpha value is -2.19. The zero-order valence-corrected chi connectivity index (χ0v) is 13.8. The average molecular weight is 351 g/mol. The summed E-state index contributed by atoms with van der Waals surface area (Å²) in [6, 6.07) is 9.47. The van der Waals surface area contributed by atoms with Crippen molar-refractivity contribution in [2.75, 3.05) is 13.2 Å². The number of rotatable bonds is 4. The number of hydrogen-bond donors (Lipinski definition) is 0. The van der Waals surface area contributed by atoms with Crippen LogP contribution in [0, 0.1) is 6.92 Å². The first-order chi connectivity index (χ1) is 10.9. The Bertz CT molecular complexity index is 885. The molecule has 6 nitrogen and oxygen atoms in total. The normalized spacial score (nSPS) is 15.5. The van der Waals surface area contributed by atoms with Gasteiger partial charge in [-0.25, -0.2) is 17.5 Å². The van der Waals surface area contributed by atoms with E-state index in [4.69, 9.17) is 4.74 Å². The smallest absolute Gasteiger partial charge is 0.348 e. The second kappa shape index (κ2) is 5.78. The molecule has 0 unspecified atom stereocenters. The molecule has 120 valence electrons. The first-order valence-electron chi connectivity index (χ1n) is 6.81. The Labute approximate surface area is 137 Å². The van der Waals surface area contributed by atoms with E-state index >= 15 is 0 Å². The fourth-order valence-electron chi connectivity index (χ4n) is 2.29. The number of carbonyl (C=O) groups is 2. The van der Waals surface area contributed by atoms with Gasteiger partial charge in [0.25, 0.3) is 15.9 Å². The van der Waals surface area contributed by atoms with Gasteiger partial charge in [-0.2, -0.15) is 0 Å². The first-order valence-corrected chi connectivity index (χ1v) is 9.06. The molecule has 0 radical (unpaired) electrons. The standard InChI is InChI=1S/C15H13NO5S2/c1-10-6-7-12(22-10)15(18)21-9-8-16-14(17)11-4-2-3-5-13(11)23(16,19)20/h2-7H,8-9H2,1H3. The Morgan fingerprint density at radius 1 is 1.22 bits per heavy atom. The predicted molar refractivity (Wildman–Crippen MR) is 84.0 cm³/mol. The molecule has 1 amide bonds. The number of carbonyl (C=O) groups excluding carboxylic acids is 2. The van der Waals surface area contributed by atoms with Crippen LogP contribution < -0.4 is 0 Å². The predicted octanol–water partition coefficient (Wildman–Crippen LogP) is 2.06. The van der Waals surface area contributed by atoms with Crippen molar-refractivity contribution in [1.82, 2.24) is 4.31 Å². The lowest BCUT2D eigenvalue weighted by Crippen LogP contribution is -2.33. The number of fused-ring (bicyclic) bond motifs is 1. The van der Waals surface area contributed by atoms with Gasteiger partial charge in [0.2, 0.25) is 0 Å². The number of nitrogens with zero attached hydrogens (tertiary/aromatic N) is 1. The molecule has 8 heteroatoms. The van der Waals surface area contributed by atoms with Crippen molar-refractivity contribution in [2.45, 2.75) is 11.8 Å². The van der Waals surface area contributed by atoms with Crippen molar-refractivity contribution in [3.8, 4) is 0 Å².